The average molecular weight is 269 g/mol. The Labute approximate surface area is 113 Å². The molecule has 1 rings (SSSR count). The van der Waals surface area contributed by atoms with Gasteiger partial charge in [-0.15, -0.1) is 11.3 Å². The topological polar surface area (TPSA) is 63.3 Å². The van der Waals surface area contributed by atoms with Crippen molar-refractivity contribution in [2.45, 2.75) is 58.8 Å². The van der Waals surface area contributed by atoms with Crippen molar-refractivity contribution in [1.82, 2.24) is 0 Å². The summed E-state index contributed by atoms with van der Waals surface area (Å²) in [5.41, 5.74) is 6.92. The van der Waals surface area contributed by atoms with E-state index in [-0.39, 0.29) is 0 Å². The Kier molecular flexibility index (Phi) is 6.19. The van der Waals surface area contributed by atoms with E-state index >= 15 is 0 Å². The Bertz CT molecular complexity index is 399. The van der Waals surface area contributed by atoms with Gasteiger partial charge in [-0.3, -0.25) is 0 Å². The van der Waals surface area contributed by atoms with Gasteiger partial charge in [0.25, 0.3) is 0 Å². The number of carboxylic acids is 1. The van der Waals surface area contributed by atoms with Crippen LogP contribution in [0.4, 0.5) is 5.00 Å². The minimum Gasteiger partial charge on any atom is -0.478 e. The normalized spacial score (nSPS) is 10.8. The second kappa shape index (κ2) is 7.41. The maximum Gasteiger partial charge on any atom is 0.338 e. The Morgan fingerprint density at radius 1 is 1.22 bits per heavy atom. The van der Waals surface area contributed by atoms with Crippen LogP contribution in [0.2, 0.25) is 0 Å². The lowest BCUT2D eigenvalue weighted by molar-refractivity contribution is 0.0697. The smallest absolute Gasteiger partial charge is 0.338 e. The second-order valence-electron chi connectivity index (χ2n) is 4.71. The molecule has 3 nitrogen and oxygen atoms in total. The van der Waals surface area contributed by atoms with Crippen LogP contribution in [0.3, 0.4) is 0 Å². The van der Waals surface area contributed by atoms with Crippen molar-refractivity contribution in [2.24, 2.45) is 0 Å². The molecule has 0 fully saturated rings. The van der Waals surface area contributed by atoms with Gasteiger partial charge in [0.05, 0.1) is 5.56 Å². The zero-order valence-corrected chi connectivity index (χ0v) is 12.1. The third-order valence-electron chi connectivity index (χ3n) is 3.24. The number of aryl methyl sites for hydroxylation is 1. The number of rotatable bonds is 8. The molecule has 18 heavy (non-hydrogen) atoms. The molecule has 0 unspecified atom stereocenters. The highest BCUT2D eigenvalue weighted by atomic mass is 32.1. The molecule has 0 amide bonds. The lowest BCUT2D eigenvalue weighted by Gasteiger charge is -2.01. The van der Waals surface area contributed by atoms with E-state index in [1.165, 1.54) is 43.4 Å². The molecule has 0 bridgehead atoms. The molecular weight excluding hydrogens is 246 g/mol. The Morgan fingerprint density at radius 2 is 1.83 bits per heavy atom. The van der Waals surface area contributed by atoms with Crippen LogP contribution in [-0.2, 0) is 6.42 Å². The van der Waals surface area contributed by atoms with Crippen LogP contribution in [0, 0.1) is 6.92 Å². The van der Waals surface area contributed by atoms with Crippen LogP contribution < -0.4 is 5.73 Å². The molecule has 1 aromatic heterocycles. The van der Waals surface area contributed by atoms with E-state index in [4.69, 9.17) is 10.8 Å². The third-order valence-corrected chi connectivity index (χ3v) is 4.42. The number of aromatic carboxylic acids is 1. The van der Waals surface area contributed by atoms with Crippen molar-refractivity contribution < 1.29 is 9.90 Å². The summed E-state index contributed by atoms with van der Waals surface area (Å²) in [6.07, 6.45) is 8.47. The summed E-state index contributed by atoms with van der Waals surface area (Å²) in [6.45, 7) is 4.08. The predicted molar refractivity (Wildman–Crippen MR) is 77.5 cm³/mol. The van der Waals surface area contributed by atoms with Crippen molar-refractivity contribution in [3.63, 3.8) is 0 Å². The Morgan fingerprint density at radius 3 is 2.39 bits per heavy atom. The van der Waals surface area contributed by atoms with Gasteiger partial charge in [0.1, 0.15) is 5.00 Å². The van der Waals surface area contributed by atoms with Crippen molar-refractivity contribution in [3.8, 4) is 0 Å². The summed E-state index contributed by atoms with van der Waals surface area (Å²) in [4.78, 5) is 12.2. The predicted octanol–water partition coefficient (Wildman–Crippen LogP) is 4.24. The van der Waals surface area contributed by atoms with Gasteiger partial charge >= 0.3 is 5.97 Å². The SMILES string of the molecule is CCCCCCCCc1sc(N)c(C(=O)O)c1C. The highest BCUT2D eigenvalue weighted by Crippen LogP contribution is 2.31. The zero-order chi connectivity index (χ0) is 13.5. The van der Waals surface area contributed by atoms with Crippen molar-refractivity contribution >= 4 is 22.3 Å². The minimum absolute atomic E-state index is 0.306. The highest BCUT2D eigenvalue weighted by Gasteiger charge is 2.17. The van der Waals surface area contributed by atoms with E-state index in [1.54, 1.807) is 0 Å². The van der Waals surface area contributed by atoms with Gasteiger partial charge in [-0.05, 0) is 25.3 Å². The molecular formula is C14H23NO2S. The molecule has 4 heteroatoms. The van der Waals surface area contributed by atoms with Crippen molar-refractivity contribution in [3.05, 3.63) is 16.0 Å². The first kappa shape index (κ1) is 15.0. The quantitative estimate of drug-likeness (QED) is 0.694. The first-order valence-corrected chi connectivity index (χ1v) is 7.50. The van der Waals surface area contributed by atoms with E-state index < -0.39 is 5.97 Å². The van der Waals surface area contributed by atoms with E-state index in [2.05, 4.69) is 6.92 Å². The molecule has 0 aliphatic carbocycles. The molecule has 0 saturated heterocycles. The van der Waals surface area contributed by atoms with E-state index in [1.807, 2.05) is 6.92 Å². The van der Waals surface area contributed by atoms with Gasteiger partial charge < -0.3 is 10.8 Å². The lowest BCUT2D eigenvalue weighted by Crippen LogP contribution is -2.00. The fraction of sp³-hybridized carbons (Fsp3) is 0.643. The molecule has 3 N–H and O–H groups in total. The number of hydrogen-bond acceptors (Lipinski definition) is 3. The lowest BCUT2D eigenvalue weighted by atomic mass is 10.1. The molecule has 0 atom stereocenters. The van der Waals surface area contributed by atoms with Crippen LogP contribution in [0.25, 0.3) is 0 Å². The van der Waals surface area contributed by atoms with Crippen LogP contribution in [0.5, 0.6) is 0 Å². The number of carbonyl (C=O) groups is 1. The van der Waals surface area contributed by atoms with Gasteiger partial charge in [-0.2, -0.15) is 0 Å². The summed E-state index contributed by atoms with van der Waals surface area (Å²) >= 11 is 1.43. The molecule has 0 aromatic carbocycles. The van der Waals surface area contributed by atoms with Gasteiger partial charge in [-0.1, -0.05) is 39.0 Å². The fourth-order valence-electron chi connectivity index (χ4n) is 2.15. The van der Waals surface area contributed by atoms with Crippen molar-refractivity contribution in [2.75, 3.05) is 5.73 Å². The molecule has 0 aliphatic rings. The van der Waals surface area contributed by atoms with Gasteiger partial charge in [0.2, 0.25) is 0 Å². The zero-order valence-electron chi connectivity index (χ0n) is 11.3. The third kappa shape index (κ3) is 4.02. The highest BCUT2D eigenvalue weighted by molar-refractivity contribution is 7.16. The summed E-state index contributed by atoms with van der Waals surface area (Å²) in [5.74, 6) is -0.907. The number of anilines is 1. The molecule has 0 aliphatic heterocycles. The van der Waals surface area contributed by atoms with E-state index in [0.29, 0.717) is 10.6 Å². The number of hydrogen-bond donors (Lipinski definition) is 2. The summed E-state index contributed by atoms with van der Waals surface area (Å²) < 4.78 is 0. The summed E-state index contributed by atoms with van der Waals surface area (Å²) in [5, 5.41) is 9.50. The number of thiophene rings is 1. The molecule has 1 heterocycles. The Balaban J connectivity index is 2.44. The van der Waals surface area contributed by atoms with Gasteiger partial charge in [-0.25, -0.2) is 4.79 Å². The number of nitrogen functional groups attached to an aromatic ring is 1. The van der Waals surface area contributed by atoms with Crippen LogP contribution >= 0.6 is 11.3 Å². The monoisotopic (exact) mass is 269 g/mol. The van der Waals surface area contributed by atoms with Crippen LogP contribution in [0.15, 0.2) is 0 Å². The maximum absolute atomic E-state index is 11.0. The van der Waals surface area contributed by atoms with Crippen LogP contribution in [-0.4, -0.2) is 11.1 Å². The molecule has 102 valence electrons. The standard InChI is InChI=1S/C14H23NO2S/c1-3-4-5-6-7-8-9-11-10(2)12(14(16)17)13(15)18-11/h3-9,15H2,1-2H3,(H,16,17). The first-order valence-electron chi connectivity index (χ1n) is 6.69. The van der Waals surface area contributed by atoms with E-state index in [0.717, 1.165) is 23.3 Å². The molecule has 0 spiro atoms. The largest absolute Gasteiger partial charge is 0.478 e. The number of nitrogens with two attached hydrogens (primary N) is 1. The summed E-state index contributed by atoms with van der Waals surface area (Å²) in [6, 6.07) is 0. The Hall–Kier alpha value is -1.03. The first-order chi connectivity index (χ1) is 8.57. The molecule has 0 radical (unpaired) electrons. The summed E-state index contributed by atoms with van der Waals surface area (Å²) in [7, 11) is 0. The molecule has 1 aromatic rings. The fourth-order valence-corrected chi connectivity index (χ4v) is 3.26. The minimum atomic E-state index is -0.907. The number of unbranched alkanes of at least 4 members (excludes halogenated alkanes) is 5. The van der Waals surface area contributed by atoms with Gasteiger partial charge in [0, 0.05) is 4.88 Å². The van der Waals surface area contributed by atoms with Crippen molar-refractivity contribution in [1.29, 1.82) is 0 Å². The maximum atomic E-state index is 11.0. The average Bonchev–Trinajstić information content (AvgIpc) is 2.59. The second-order valence-corrected chi connectivity index (χ2v) is 5.85. The molecule has 0 saturated carbocycles. The number of carboxylic acid groups (broad SMARTS) is 1. The van der Waals surface area contributed by atoms with E-state index in [9.17, 15) is 4.79 Å². The van der Waals surface area contributed by atoms with Crippen LogP contribution in [0.1, 0.15) is 66.2 Å². The van der Waals surface area contributed by atoms with Gasteiger partial charge in [0.15, 0.2) is 0 Å².